The predicted molar refractivity (Wildman–Crippen MR) is 123 cm³/mol. The van der Waals surface area contributed by atoms with Crippen molar-refractivity contribution in [3.63, 3.8) is 0 Å². The maximum Gasteiger partial charge on any atom is 0.250 e. The molecule has 0 heterocycles. The minimum Gasteiger partial charge on any atom is -0.370 e. The minimum absolute atomic E-state index is 0.223. The lowest BCUT2D eigenvalue weighted by atomic mass is 10.0. The van der Waals surface area contributed by atoms with Crippen molar-refractivity contribution in [2.24, 2.45) is 11.5 Å². The standard InChI is InChI=1S/C13H13N3O.C10H11N3O/c14-13(15)16-12(17)8-10-6-3-5-9-4-1-2-7-11(9)10;11-10(12)13-9(14)7-6-8-4-2-1-3-5-8/h1-7H,8H2,(H4,14,15,16,17);1-7H,(H4,11,12,13,14). The summed E-state index contributed by atoms with van der Waals surface area (Å²) < 4.78 is 0. The molecule has 0 bridgehead atoms. The molecule has 0 saturated carbocycles. The lowest BCUT2D eigenvalue weighted by Crippen LogP contribution is -2.36. The van der Waals surface area contributed by atoms with Crippen LogP contribution in [0.25, 0.3) is 16.8 Å². The lowest BCUT2D eigenvalue weighted by Gasteiger charge is -2.06. The van der Waals surface area contributed by atoms with Gasteiger partial charge in [0.2, 0.25) is 5.91 Å². The van der Waals surface area contributed by atoms with E-state index in [-0.39, 0.29) is 24.2 Å². The zero-order chi connectivity index (χ0) is 22.6. The number of carbonyl (C=O) groups is 2. The Bertz CT molecular complexity index is 1100. The van der Waals surface area contributed by atoms with E-state index in [1.165, 1.54) is 6.08 Å². The third kappa shape index (κ3) is 8.20. The zero-order valence-corrected chi connectivity index (χ0v) is 16.8. The molecule has 31 heavy (non-hydrogen) atoms. The SMILES string of the molecule is N=C(N)NC(=O)C=Cc1ccccc1.N=C(N)NC(=O)Cc1cccc2ccccc12. The van der Waals surface area contributed by atoms with Crippen molar-refractivity contribution in [3.8, 4) is 0 Å². The molecule has 0 unspecified atom stereocenters. The molecule has 0 aromatic heterocycles. The number of benzene rings is 3. The fourth-order valence-electron chi connectivity index (χ4n) is 2.72. The maximum atomic E-state index is 11.5. The minimum atomic E-state index is -0.402. The van der Waals surface area contributed by atoms with Crippen molar-refractivity contribution in [3.05, 3.63) is 90.0 Å². The van der Waals surface area contributed by atoms with Gasteiger partial charge >= 0.3 is 0 Å². The highest BCUT2D eigenvalue weighted by molar-refractivity contribution is 6.02. The van der Waals surface area contributed by atoms with Gasteiger partial charge in [0.25, 0.3) is 5.91 Å². The van der Waals surface area contributed by atoms with Crippen LogP contribution in [0.2, 0.25) is 0 Å². The van der Waals surface area contributed by atoms with Gasteiger partial charge in [-0.05, 0) is 28.0 Å². The van der Waals surface area contributed by atoms with Gasteiger partial charge in [0.1, 0.15) is 0 Å². The fourth-order valence-corrected chi connectivity index (χ4v) is 2.72. The molecule has 0 aliphatic rings. The summed E-state index contributed by atoms with van der Waals surface area (Å²) in [6, 6.07) is 23.1. The van der Waals surface area contributed by atoms with Gasteiger partial charge in [-0.2, -0.15) is 0 Å². The molecule has 0 fully saturated rings. The second-order valence-electron chi connectivity index (χ2n) is 6.42. The molecule has 8 N–H and O–H groups in total. The summed E-state index contributed by atoms with van der Waals surface area (Å²) in [7, 11) is 0. The number of hydrogen-bond donors (Lipinski definition) is 6. The second-order valence-corrected chi connectivity index (χ2v) is 6.42. The van der Waals surface area contributed by atoms with Crippen molar-refractivity contribution in [1.29, 1.82) is 10.8 Å². The van der Waals surface area contributed by atoms with Crippen molar-refractivity contribution in [2.75, 3.05) is 0 Å². The summed E-state index contributed by atoms with van der Waals surface area (Å²) in [6.45, 7) is 0. The van der Waals surface area contributed by atoms with E-state index in [4.69, 9.17) is 22.3 Å². The Hall–Kier alpha value is -4.46. The smallest absolute Gasteiger partial charge is 0.250 e. The molecule has 3 aromatic rings. The first-order valence-corrected chi connectivity index (χ1v) is 9.34. The van der Waals surface area contributed by atoms with Crippen LogP contribution in [0.1, 0.15) is 11.1 Å². The van der Waals surface area contributed by atoms with Crippen molar-refractivity contribution in [2.45, 2.75) is 6.42 Å². The molecule has 8 nitrogen and oxygen atoms in total. The van der Waals surface area contributed by atoms with Crippen LogP contribution in [-0.4, -0.2) is 23.7 Å². The molecule has 3 rings (SSSR count). The molecule has 0 atom stereocenters. The van der Waals surface area contributed by atoms with Gasteiger partial charge in [-0.3, -0.25) is 31.0 Å². The Morgan fingerprint density at radius 2 is 1.42 bits per heavy atom. The summed E-state index contributed by atoms with van der Waals surface area (Å²) in [4.78, 5) is 22.5. The highest BCUT2D eigenvalue weighted by atomic mass is 16.2. The Morgan fingerprint density at radius 3 is 2.10 bits per heavy atom. The van der Waals surface area contributed by atoms with E-state index in [9.17, 15) is 9.59 Å². The fraction of sp³-hybridized carbons (Fsp3) is 0.0435. The number of nitrogens with one attached hydrogen (secondary N) is 4. The summed E-state index contributed by atoms with van der Waals surface area (Å²) in [5.74, 6) is -1.35. The second kappa shape index (κ2) is 11.5. The molecule has 0 aliphatic carbocycles. The van der Waals surface area contributed by atoms with Crippen LogP contribution >= 0.6 is 0 Å². The molecule has 2 amide bonds. The summed E-state index contributed by atoms with van der Waals surface area (Å²) in [5.41, 5.74) is 11.9. The number of nitrogens with two attached hydrogens (primary N) is 2. The van der Waals surface area contributed by atoms with Gasteiger partial charge in [0.05, 0.1) is 6.42 Å². The van der Waals surface area contributed by atoms with Crippen molar-refractivity contribution >= 4 is 40.6 Å². The van der Waals surface area contributed by atoms with Gasteiger partial charge in [-0.1, -0.05) is 72.8 Å². The van der Waals surface area contributed by atoms with E-state index >= 15 is 0 Å². The average molecular weight is 416 g/mol. The number of rotatable bonds is 4. The van der Waals surface area contributed by atoms with Crippen LogP contribution in [0.4, 0.5) is 0 Å². The summed E-state index contributed by atoms with van der Waals surface area (Å²) in [6.07, 6.45) is 3.20. The molecule has 8 heteroatoms. The Morgan fingerprint density at radius 1 is 0.806 bits per heavy atom. The highest BCUT2D eigenvalue weighted by Gasteiger charge is 2.06. The van der Waals surface area contributed by atoms with Crippen LogP contribution in [0.3, 0.4) is 0 Å². The van der Waals surface area contributed by atoms with E-state index in [0.717, 1.165) is 21.9 Å². The molecule has 0 radical (unpaired) electrons. The van der Waals surface area contributed by atoms with E-state index in [0.29, 0.717) is 0 Å². The van der Waals surface area contributed by atoms with Crippen LogP contribution in [-0.2, 0) is 16.0 Å². The van der Waals surface area contributed by atoms with E-state index in [2.05, 4.69) is 10.6 Å². The third-order valence-corrected chi connectivity index (χ3v) is 3.99. The molecular formula is C23H24N6O2. The number of fused-ring (bicyclic) bond motifs is 1. The summed E-state index contributed by atoms with van der Waals surface area (Å²) >= 11 is 0. The van der Waals surface area contributed by atoms with E-state index in [1.54, 1.807) is 6.08 Å². The molecule has 158 valence electrons. The Kier molecular flexibility index (Phi) is 8.48. The number of amides is 2. The predicted octanol–water partition coefficient (Wildman–Crippen LogP) is 2.10. The molecule has 0 spiro atoms. The highest BCUT2D eigenvalue weighted by Crippen LogP contribution is 2.18. The van der Waals surface area contributed by atoms with Crippen LogP contribution in [0, 0.1) is 10.8 Å². The number of carbonyl (C=O) groups excluding carboxylic acids is 2. The maximum absolute atomic E-state index is 11.5. The summed E-state index contributed by atoms with van der Waals surface area (Å²) in [5, 5.41) is 20.4. The number of guanidine groups is 2. The quantitative estimate of drug-likeness (QED) is 0.219. The average Bonchev–Trinajstić information content (AvgIpc) is 2.73. The first kappa shape index (κ1) is 22.8. The first-order valence-electron chi connectivity index (χ1n) is 9.34. The monoisotopic (exact) mass is 416 g/mol. The lowest BCUT2D eigenvalue weighted by molar-refractivity contribution is -0.119. The first-order chi connectivity index (χ1) is 14.8. The topological polar surface area (TPSA) is 158 Å². The zero-order valence-electron chi connectivity index (χ0n) is 16.8. The largest absolute Gasteiger partial charge is 0.370 e. The van der Waals surface area contributed by atoms with Gasteiger partial charge in [0.15, 0.2) is 11.9 Å². The van der Waals surface area contributed by atoms with Crippen molar-refractivity contribution < 1.29 is 9.59 Å². The van der Waals surface area contributed by atoms with Gasteiger partial charge in [-0.25, -0.2) is 0 Å². The molecular weight excluding hydrogens is 392 g/mol. The third-order valence-electron chi connectivity index (χ3n) is 3.99. The Labute approximate surface area is 180 Å². The number of hydrogen-bond acceptors (Lipinski definition) is 4. The van der Waals surface area contributed by atoms with Gasteiger partial charge in [0, 0.05) is 6.08 Å². The van der Waals surface area contributed by atoms with Crippen LogP contribution in [0.15, 0.2) is 78.9 Å². The van der Waals surface area contributed by atoms with E-state index in [1.807, 2.05) is 72.8 Å². The normalized spacial score (nSPS) is 10.1. The molecule has 0 aliphatic heterocycles. The van der Waals surface area contributed by atoms with E-state index < -0.39 is 5.91 Å². The Balaban J connectivity index is 0.000000225. The van der Waals surface area contributed by atoms with Crippen LogP contribution < -0.4 is 22.1 Å². The molecule has 0 saturated heterocycles. The van der Waals surface area contributed by atoms with Gasteiger partial charge < -0.3 is 11.5 Å². The van der Waals surface area contributed by atoms with Crippen molar-refractivity contribution in [1.82, 2.24) is 10.6 Å². The van der Waals surface area contributed by atoms with Crippen LogP contribution in [0.5, 0.6) is 0 Å². The van der Waals surface area contributed by atoms with Gasteiger partial charge in [-0.15, -0.1) is 0 Å². The molecule has 3 aromatic carbocycles.